The van der Waals surface area contributed by atoms with E-state index >= 15 is 0 Å². The number of anilines is 2. The Morgan fingerprint density at radius 3 is 2.52 bits per heavy atom. The van der Waals surface area contributed by atoms with Gasteiger partial charge in [0.25, 0.3) is 5.91 Å². The van der Waals surface area contributed by atoms with E-state index in [4.69, 9.17) is 4.42 Å². The lowest BCUT2D eigenvalue weighted by molar-refractivity contribution is -0.114. The van der Waals surface area contributed by atoms with Crippen LogP contribution in [0.1, 0.15) is 36.4 Å². The Hall–Kier alpha value is -3.38. The number of hydrogen-bond acceptors (Lipinski definition) is 4. The highest BCUT2D eigenvalue weighted by Crippen LogP contribution is 2.34. The van der Waals surface area contributed by atoms with E-state index in [0.717, 1.165) is 32.5 Å². The first kappa shape index (κ1) is 22.8. The molecule has 1 fully saturated rings. The van der Waals surface area contributed by atoms with Gasteiger partial charge in [-0.3, -0.25) is 9.59 Å². The van der Waals surface area contributed by atoms with Gasteiger partial charge in [0.05, 0.1) is 17.6 Å². The molecule has 0 bridgehead atoms. The number of amides is 2. The molecule has 1 aliphatic rings. The third-order valence-corrected chi connectivity index (χ3v) is 6.26. The number of benzene rings is 2. The molecule has 1 aromatic heterocycles. The maximum Gasteiger partial charge on any atom is 0.294 e. The fourth-order valence-corrected chi connectivity index (χ4v) is 4.67. The normalized spacial score (nSPS) is 18.6. The first-order valence-corrected chi connectivity index (χ1v) is 11.5. The zero-order valence-corrected chi connectivity index (χ0v) is 19.2. The molecule has 2 atom stereocenters. The molecule has 4 rings (SSSR count). The summed E-state index contributed by atoms with van der Waals surface area (Å²) >= 11 is 0. The molecule has 0 unspecified atom stereocenters. The molecule has 1 aliphatic heterocycles. The minimum absolute atomic E-state index is 0.00881. The van der Waals surface area contributed by atoms with Gasteiger partial charge < -0.3 is 19.5 Å². The number of furan rings is 1. The van der Waals surface area contributed by atoms with Gasteiger partial charge in [-0.2, -0.15) is 0 Å². The number of rotatable bonds is 7. The van der Waals surface area contributed by atoms with Crippen LogP contribution in [0, 0.1) is 5.92 Å². The maximum absolute atomic E-state index is 13.6. The first-order chi connectivity index (χ1) is 16.0. The molecule has 6 nitrogen and oxygen atoms in total. The molecule has 3 aromatic rings. The van der Waals surface area contributed by atoms with E-state index in [2.05, 4.69) is 41.4 Å². The highest BCUT2D eigenvalue weighted by atomic mass is 16.3. The van der Waals surface area contributed by atoms with Crippen LogP contribution in [0.5, 0.6) is 0 Å². The van der Waals surface area contributed by atoms with Gasteiger partial charge in [0.1, 0.15) is 0 Å². The average Bonchev–Trinajstić information content (AvgIpc) is 3.35. The van der Waals surface area contributed by atoms with Crippen molar-refractivity contribution < 1.29 is 14.0 Å². The van der Waals surface area contributed by atoms with Crippen LogP contribution >= 0.6 is 0 Å². The molecule has 1 N–H and O–H groups in total. The number of carbonyl (C=O) groups excluding carboxylic acids is 2. The predicted molar refractivity (Wildman–Crippen MR) is 130 cm³/mol. The third kappa shape index (κ3) is 5.52. The molecule has 2 aromatic carbocycles. The molecule has 6 heteroatoms. The summed E-state index contributed by atoms with van der Waals surface area (Å²) in [5.74, 6) is 0.189. The second kappa shape index (κ2) is 10.5. The van der Waals surface area contributed by atoms with Crippen molar-refractivity contribution in [1.82, 2.24) is 4.90 Å². The lowest BCUT2D eigenvalue weighted by Gasteiger charge is -2.43. The van der Waals surface area contributed by atoms with Crippen LogP contribution in [0.2, 0.25) is 0 Å². The van der Waals surface area contributed by atoms with E-state index < -0.39 is 0 Å². The fraction of sp³-hybridized carbons (Fsp3) is 0.333. The van der Waals surface area contributed by atoms with E-state index in [-0.39, 0.29) is 23.8 Å². The average molecular weight is 446 g/mol. The minimum atomic E-state index is -0.188. The molecule has 0 spiro atoms. The lowest BCUT2D eigenvalue weighted by Crippen LogP contribution is -2.52. The summed E-state index contributed by atoms with van der Waals surface area (Å²) in [6.07, 6.45) is 3.37. The van der Waals surface area contributed by atoms with Gasteiger partial charge >= 0.3 is 0 Å². The molecule has 33 heavy (non-hydrogen) atoms. The highest BCUT2D eigenvalue weighted by molar-refractivity contribution is 6.07. The SMILES string of the molecule is CC(=O)Nc1ccccc1N(C(=O)c1ccco1)[C@@H]1CCN(CCc2ccccc2)C[C@H]1C. The monoisotopic (exact) mass is 445 g/mol. The van der Waals surface area contributed by atoms with Crippen LogP contribution in [-0.4, -0.2) is 42.4 Å². The predicted octanol–water partition coefficient (Wildman–Crippen LogP) is 4.84. The van der Waals surface area contributed by atoms with Crippen molar-refractivity contribution in [2.45, 2.75) is 32.7 Å². The maximum atomic E-state index is 13.6. The summed E-state index contributed by atoms with van der Waals surface area (Å²) in [4.78, 5) is 29.7. The summed E-state index contributed by atoms with van der Waals surface area (Å²) in [7, 11) is 0. The summed E-state index contributed by atoms with van der Waals surface area (Å²) in [5, 5.41) is 2.88. The number of nitrogens with zero attached hydrogens (tertiary/aromatic N) is 2. The van der Waals surface area contributed by atoms with E-state index in [9.17, 15) is 9.59 Å². The Morgan fingerprint density at radius 2 is 1.82 bits per heavy atom. The standard InChI is InChI=1S/C27H31N3O3/c1-20-19-29(16-14-22-9-4-3-5-10-22)17-15-24(20)30(27(32)26-13-8-18-33-26)25-12-7-6-11-23(25)28-21(2)31/h3-13,18,20,24H,14-17,19H2,1-2H3,(H,28,31)/t20-,24-/m1/s1. The van der Waals surface area contributed by atoms with E-state index in [1.807, 2.05) is 35.2 Å². The topological polar surface area (TPSA) is 65.8 Å². The van der Waals surface area contributed by atoms with Gasteiger partial charge in [-0.25, -0.2) is 0 Å². The number of nitrogens with one attached hydrogen (secondary N) is 1. The first-order valence-electron chi connectivity index (χ1n) is 11.5. The Bertz CT molecular complexity index is 1070. The van der Waals surface area contributed by atoms with Gasteiger partial charge in [0.15, 0.2) is 5.76 Å². The molecular formula is C27H31N3O3. The second-order valence-corrected chi connectivity index (χ2v) is 8.72. The van der Waals surface area contributed by atoms with Crippen molar-refractivity contribution in [2.75, 3.05) is 29.9 Å². The van der Waals surface area contributed by atoms with Crippen LogP contribution in [0.25, 0.3) is 0 Å². The molecule has 2 heterocycles. The van der Waals surface area contributed by atoms with Gasteiger partial charge in [-0.05, 0) is 48.6 Å². The Balaban J connectivity index is 1.55. The lowest BCUT2D eigenvalue weighted by atomic mass is 9.91. The van der Waals surface area contributed by atoms with Crippen LogP contribution < -0.4 is 10.2 Å². The second-order valence-electron chi connectivity index (χ2n) is 8.72. The minimum Gasteiger partial charge on any atom is -0.459 e. The zero-order valence-electron chi connectivity index (χ0n) is 19.2. The molecule has 0 aliphatic carbocycles. The van der Waals surface area contributed by atoms with Crippen LogP contribution in [0.4, 0.5) is 11.4 Å². The van der Waals surface area contributed by atoms with Crippen LogP contribution in [0.3, 0.4) is 0 Å². The summed E-state index contributed by atoms with van der Waals surface area (Å²) in [6, 6.07) is 21.4. The molecule has 1 saturated heterocycles. The van der Waals surface area contributed by atoms with Gasteiger partial charge in [0.2, 0.25) is 5.91 Å². The molecular weight excluding hydrogens is 414 g/mol. The summed E-state index contributed by atoms with van der Waals surface area (Å²) < 4.78 is 5.46. The van der Waals surface area contributed by atoms with Crippen molar-refractivity contribution in [2.24, 2.45) is 5.92 Å². The summed E-state index contributed by atoms with van der Waals surface area (Å²) in [5.41, 5.74) is 2.67. The zero-order chi connectivity index (χ0) is 23.2. The third-order valence-electron chi connectivity index (χ3n) is 6.26. The van der Waals surface area contributed by atoms with Crippen LogP contribution in [-0.2, 0) is 11.2 Å². The van der Waals surface area contributed by atoms with Crippen LogP contribution in [0.15, 0.2) is 77.4 Å². The van der Waals surface area contributed by atoms with E-state index in [0.29, 0.717) is 17.1 Å². The van der Waals surface area contributed by atoms with Gasteiger partial charge in [-0.1, -0.05) is 49.4 Å². The Morgan fingerprint density at radius 1 is 1.06 bits per heavy atom. The Kier molecular flexibility index (Phi) is 7.25. The van der Waals surface area contributed by atoms with Gasteiger partial charge in [0, 0.05) is 32.6 Å². The van der Waals surface area contributed by atoms with Gasteiger partial charge in [-0.15, -0.1) is 0 Å². The number of piperidine rings is 1. The number of carbonyl (C=O) groups is 2. The summed E-state index contributed by atoms with van der Waals surface area (Å²) in [6.45, 7) is 6.48. The molecule has 0 radical (unpaired) electrons. The van der Waals surface area contributed by atoms with Crippen molar-refractivity contribution in [1.29, 1.82) is 0 Å². The van der Waals surface area contributed by atoms with Crippen molar-refractivity contribution >= 4 is 23.2 Å². The smallest absolute Gasteiger partial charge is 0.294 e. The molecule has 0 saturated carbocycles. The molecule has 172 valence electrons. The number of likely N-dealkylation sites (tertiary alicyclic amines) is 1. The van der Waals surface area contributed by atoms with E-state index in [1.54, 1.807) is 12.1 Å². The largest absolute Gasteiger partial charge is 0.459 e. The van der Waals surface area contributed by atoms with E-state index in [1.165, 1.54) is 18.8 Å². The highest BCUT2D eigenvalue weighted by Gasteiger charge is 2.36. The van der Waals surface area contributed by atoms with Crippen molar-refractivity contribution in [3.05, 3.63) is 84.3 Å². The Labute approximate surface area is 195 Å². The number of para-hydroxylation sites is 2. The quantitative estimate of drug-likeness (QED) is 0.565. The molecule has 2 amide bonds. The number of hydrogen-bond donors (Lipinski definition) is 1. The fourth-order valence-electron chi connectivity index (χ4n) is 4.67. The van der Waals surface area contributed by atoms with Crippen molar-refractivity contribution in [3.63, 3.8) is 0 Å². The van der Waals surface area contributed by atoms with Crippen molar-refractivity contribution in [3.8, 4) is 0 Å².